The van der Waals surface area contributed by atoms with Crippen LogP contribution in [-0.2, 0) is 19.1 Å². The Morgan fingerprint density at radius 3 is 2.72 bits per heavy atom. The van der Waals surface area contributed by atoms with Crippen LogP contribution in [0.1, 0.15) is 37.7 Å². The summed E-state index contributed by atoms with van der Waals surface area (Å²) < 4.78 is 11.8. The van der Waals surface area contributed by atoms with Gasteiger partial charge in [0.2, 0.25) is 0 Å². The van der Waals surface area contributed by atoms with Crippen LogP contribution in [0.5, 0.6) is 0 Å². The minimum absolute atomic E-state index is 0.219. The molecular weight excluding hydrogens is 344 g/mol. The van der Waals surface area contributed by atoms with Crippen molar-refractivity contribution in [1.29, 1.82) is 0 Å². The van der Waals surface area contributed by atoms with Gasteiger partial charge in [-0.05, 0) is 37.5 Å². The molecule has 0 aromatic heterocycles. The predicted octanol–water partition coefficient (Wildman–Crippen LogP) is 2.78. The number of aryl methyl sites for hydroxylation is 1. The lowest BCUT2D eigenvalue weighted by Gasteiger charge is -2.31. The monoisotopic (exact) mass is 366 g/mol. The minimum atomic E-state index is -0.730. The number of carbonyl (C=O) groups excluding carboxylic acids is 2. The van der Waals surface area contributed by atoms with Crippen molar-refractivity contribution in [2.24, 2.45) is 0 Å². The summed E-state index contributed by atoms with van der Waals surface area (Å²) in [5.41, 5.74) is 1.39. The van der Waals surface area contributed by atoms with Crippen LogP contribution in [0.15, 0.2) is 18.2 Å². The third-order valence-electron chi connectivity index (χ3n) is 4.66. The molecule has 1 heterocycles. The molecule has 2 fully saturated rings. The van der Waals surface area contributed by atoms with Crippen molar-refractivity contribution < 1.29 is 19.1 Å². The number of anilines is 1. The molecule has 136 valence electrons. The summed E-state index contributed by atoms with van der Waals surface area (Å²) in [5, 5.41) is 5.67. The first-order valence-corrected chi connectivity index (χ1v) is 9.02. The molecule has 1 aliphatic heterocycles. The fourth-order valence-electron chi connectivity index (χ4n) is 3.22. The Kier molecular flexibility index (Phi) is 5.61. The second-order valence-electron chi connectivity index (χ2n) is 6.65. The van der Waals surface area contributed by atoms with Gasteiger partial charge in [0.25, 0.3) is 0 Å². The van der Waals surface area contributed by atoms with Gasteiger partial charge in [-0.25, -0.2) is 0 Å². The van der Waals surface area contributed by atoms with E-state index in [2.05, 4.69) is 10.6 Å². The maximum atomic E-state index is 12.0. The molecule has 1 saturated carbocycles. The van der Waals surface area contributed by atoms with E-state index in [0.29, 0.717) is 17.3 Å². The number of halogens is 1. The molecule has 2 aliphatic rings. The fourth-order valence-corrected chi connectivity index (χ4v) is 3.40. The van der Waals surface area contributed by atoms with Gasteiger partial charge < -0.3 is 20.1 Å². The molecule has 3 rings (SSSR count). The van der Waals surface area contributed by atoms with Crippen molar-refractivity contribution in [2.75, 3.05) is 18.5 Å². The number of hydrogen-bond donors (Lipinski definition) is 2. The van der Waals surface area contributed by atoms with Gasteiger partial charge >= 0.3 is 11.8 Å². The average Bonchev–Trinajstić information content (AvgIpc) is 2.99. The SMILES string of the molecule is Cc1ccc(NC(=O)C(=O)NC[C@H]2COC3(CCCCC3)O2)cc1Cl. The summed E-state index contributed by atoms with van der Waals surface area (Å²) in [6.07, 6.45) is 4.97. The van der Waals surface area contributed by atoms with Crippen molar-refractivity contribution in [2.45, 2.75) is 50.9 Å². The van der Waals surface area contributed by atoms with Crippen molar-refractivity contribution in [3.8, 4) is 0 Å². The lowest BCUT2D eigenvalue weighted by Crippen LogP contribution is -2.41. The summed E-state index contributed by atoms with van der Waals surface area (Å²) in [7, 11) is 0. The zero-order valence-electron chi connectivity index (χ0n) is 14.3. The van der Waals surface area contributed by atoms with Crippen LogP contribution in [0.4, 0.5) is 5.69 Å². The highest BCUT2D eigenvalue weighted by Gasteiger charge is 2.42. The lowest BCUT2D eigenvalue weighted by atomic mass is 9.94. The van der Waals surface area contributed by atoms with Gasteiger partial charge in [0.1, 0.15) is 6.10 Å². The molecule has 0 unspecified atom stereocenters. The van der Waals surface area contributed by atoms with Crippen LogP contribution in [0.3, 0.4) is 0 Å². The highest BCUT2D eigenvalue weighted by molar-refractivity contribution is 6.39. The first-order chi connectivity index (χ1) is 12.0. The zero-order chi connectivity index (χ0) is 17.9. The molecule has 2 amide bonds. The van der Waals surface area contributed by atoms with E-state index in [1.54, 1.807) is 18.2 Å². The standard InChI is InChI=1S/C18H23ClN2O4/c1-12-5-6-13(9-15(12)19)21-17(23)16(22)20-10-14-11-24-18(25-14)7-3-2-4-8-18/h5-6,9,14H,2-4,7-8,10-11H2,1H3,(H,20,22)(H,21,23)/t14-/m0/s1. The number of nitrogens with one attached hydrogen (secondary N) is 2. The third kappa shape index (κ3) is 4.51. The van der Waals surface area contributed by atoms with E-state index in [0.717, 1.165) is 31.2 Å². The molecule has 1 aromatic carbocycles. The molecular formula is C18H23ClN2O4. The summed E-state index contributed by atoms with van der Waals surface area (Å²) in [6, 6.07) is 5.10. The summed E-state index contributed by atoms with van der Waals surface area (Å²) in [4.78, 5) is 23.9. The Hall–Kier alpha value is -1.63. The maximum Gasteiger partial charge on any atom is 0.313 e. The molecule has 1 aromatic rings. The lowest BCUT2D eigenvalue weighted by molar-refractivity contribution is -0.186. The molecule has 25 heavy (non-hydrogen) atoms. The van der Waals surface area contributed by atoms with Gasteiger partial charge in [-0.15, -0.1) is 0 Å². The number of carbonyl (C=O) groups is 2. The van der Waals surface area contributed by atoms with E-state index in [1.807, 2.05) is 6.92 Å². The summed E-state index contributed by atoms with van der Waals surface area (Å²) in [5.74, 6) is -1.91. The van der Waals surface area contributed by atoms with Crippen molar-refractivity contribution in [1.82, 2.24) is 5.32 Å². The van der Waals surface area contributed by atoms with Crippen LogP contribution in [-0.4, -0.2) is 36.9 Å². The molecule has 6 nitrogen and oxygen atoms in total. The second kappa shape index (κ2) is 7.72. The van der Waals surface area contributed by atoms with E-state index in [9.17, 15) is 9.59 Å². The Morgan fingerprint density at radius 1 is 1.24 bits per heavy atom. The van der Waals surface area contributed by atoms with Gasteiger partial charge in [-0.2, -0.15) is 0 Å². The Bertz CT molecular complexity index is 658. The van der Waals surface area contributed by atoms with Gasteiger partial charge in [0, 0.05) is 30.1 Å². The largest absolute Gasteiger partial charge is 0.347 e. The first kappa shape index (κ1) is 18.2. The van der Waals surface area contributed by atoms with Crippen molar-refractivity contribution in [3.63, 3.8) is 0 Å². The van der Waals surface area contributed by atoms with E-state index >= 15 is 0 Å². The highest BCUT2D eigenvalue weighted by Crippen LogP contribution is 2.37. The molecule has 0 bridgehead atoms. The second-order valence-corrected chi connectivity index (χ2v) is 7.06. The van der Waals surface area contributed by atoms with Gasteiger partial charge in [-0.3, -0.25) is 9.59 Å². The molecule has 1 saturated heterocycles. The van der Waals surface area contributed by atoms with E-state index in [1.165, 1.54) is 6.42 Å². The van der Waals surface area contributed by atoms with Crippen molar-refractivity contribution in [3.05, 3.63) is 28.8 Å². The Labute approximate surface area is 152 Å². The number of benzene rings is 1. The van der Waals surface area contributed by atoms with Gasteiger partial charge in [0.05, 0.1) is 6.61 Å². The smallest absolute Gasteiger partial charge is 0.313 e. The summed E-state index contributed by atoms with van der Waals surface area (Å²) >= 11 is 6.01. The van der Waals surface area contributed by atoms with Crippen molar-refractivity contribution >= 4 is 29.1 Å². The van der Waals surface area contributed by atoms with E-state index in [-0.39, 0.29) is 12.6 Å². The zero-order valence-corrected chi connectivity index (χ0v) is 15.0. The molecule has 1 spiro atoms. The topological polar surface area (TPSA) is 76.7 Å². The number of ether oxygens (including phenoxy) is 2. The van der Waals surface area contributed by atoms with Crippen LogP contribution in [0, 0.1) is 6.92 Å². The van der Waals surface area contributed by atoms with E-state index in [4.69, 9.17) is 21.1 Å². The van der Waals surface area contributed by atoms with Gasteiger partial charge in [0.15, 0.2) is 5.79 Å². The van der Waals surface area contributed by atoms with Crippen LogP contribution in [0.25, 0.3) is 0 Å². The number of amides is 2. The van der Waals surface area contributed by atoms with E-state index < -0.39 is 17.6 Å². The third-order valence-corrected chi connectivity index (χ3v) is 5.06. The number of rotatable bonds is 3. The molecule has 2 N–H and O–H groups in total. The van der Waals surface area contributed by atoms with Gasteiger partial charge in [-0.1, -0.05) is 24.1 Å². The maximum absolute atomic E-state index is 12.0. The number of hydrogen-bond acceptors (Lipinski definition) is 4. The minimum Gasteiger partial charge on any atom is -0.347 e. The normalized spacial score (nSPS) is 21.9. The molecule has 0 radical (unpaired) electrons. The molecule has 1 aliphatic carbocycles. The van der Waals surface area contributed by atoms with Crippen LogP contribution < -0.4 is 10.6 Å². The summed E-state index contributed by atoms with van der Waals surface area (Å²) in [6.45, 7) is 2.56. The average molecular weight is 367 g/mol. The van der Waals surface area contributed by atoms with Crippen LogP contribution >= 0.6 is 11.6 Å². The molecule has 7 heteroatoms. The highest BCUT2D eigenvalue weighted by atomic mass is 35.5. The Morgan fingerprint density at radius 2 is 2.00 bits per heavy atom. The van der Waals surface area contributed by atoms with Crippen LogP contribution in [0.2, 0.25) is 5.02 Å². The first-order valence-electron chi connectivity index (χ1n) is 8.65. The Balaban J connectivity index is 1.46. The predicted molar refractivity (Wildman–Crippen MR) is 94.5 cm³/mol. The molecule has 1 atom stereocenters. The quantitative estimate of drug-likeness (QED) is 0.806. The fraction of sp³-hybridized carbons (Fsp3) is 0.556.